The van der Waals surface area contributed by atoms with E-state index in [1.807, 2.05) is 0 Å². The first-order valence-electron chi connectivity index (χ1n) is 8.41. The van der Waals surface area contributed by atoms with Crippen LogP contribution in [-0.2, 0) is 14.3 Å². The molecule has 2 saturated heterocycles. The molecule has 0 aromatic heterocycles. The van der Waals surface area contributed by atoms with E-state index in [0.29, 0.717) is 38.6 Å². The lowest BCUT2D eigenvalue weighted by atomic mass is 9.91. The molecule has 0 spiro atoms. The van der Waals surface area contributed by atoms with E-state index >= 15 is 0 Å². The Morgan fingerprint density at radius 2 is 1.82 bits per heavy atom. The highest BCUT2D eigenvalue weighted by molar-refractivity contribution is 5.83. The summed E-state index contributed by atoms with van der Waals surface area (Å²) in [6, 6.07) is -0.133. The van der Waals surface area contributed by atoms with Gasteiger partial charge in [-0.25, -0.2) is 0 Å². The molecule has 1 N–H and O–H groups in total. The minimum absolute atomic E-state index is 0.111. The van der Waals surface area contributed by atoms with Gasteiger partial charge in [-0.3, -0.25) is 14.5 Å². The summed E-state index contributed by atoms with van der Waals surface area (Å²) in [7, 11) is 0. The fourth-order valence-electron chi connectivity index (χ4n) is 3.60. The molecule has 0 bridgehead atoms. The van der Waals surface area contributed by atoms with Crippen LogP contribution >= 0.6 is 0 Å². The van der Waals surface area contributed by atoms with E-state index in [0.717, 1.165) is 25.9 Å². The third-order valence-electron chi connectivity index (χ3n) is 5.04. The fourth-order valence-corrected chi connectivity index (χ4v) is 3.60. The number of nitrogens with zero attached hydrogens (tertiary/aromatic N) is 2. The molecule has 0 aliphatic carbocycles. The number of carbonyl (C=O) groups is 2. The second-order valence-electron chi connectivity index (χ2n) is 6.28. The van der Waals surface area contributed by atoms with Crippen molar-refractivity contribution >= 4 is 11.9 Å². The second kappa shape index (κ2) is 7.92. The number of carbonyl (C=O) groups excluding carboxylic acids is 1. The minimum Gasteiger partial charge on any atom is -0.481 e. The van der Waals surface area contributed by atoms with Gasteiger partial charge in [-0.2, -0.15) is 0 Å². The van der Waals surface area contributed by atoms with Crippen molar-refractivity contribution in [3.63, 3.8) is 0 Å². The predicted molar refractivity (Wildman–Crippen MR) is 82.6 cm³/mol. The first kappa shape index (κ1) is 17.2. The van der Waals surface area contributed by atoms with Crippen LogP contribution in [0.3, 0.4) is 0 Å². The lowest BCUT2D eigenvalue weighted by Crippen LogP contribution is -2.55. The molecule has 0 saturated carbocycles. The van der Waals surface area contributed by atoms with Crippen LogP contribution in [0.25, 0.3) is 0 Å². The Morgan fingerprint density at radius 1 is 1.18 bits per heavy atom. The van der Waals surface area contributed by atoms with Gasteiger partial charge in [0.25, 0.3) is 0 Å². The van der Waals surface area contributed by atoms with Crippen molar-refractivity contribution in [1.29, 1.82) is 0 Å². The third-order valence-corrected chi connectivity index (χ3v) is 5.04. The first-order valence-corrected chi connectivity index (χ1v) is 8.41. The molecule has 2 rings (SSSR count). The molecule has 22 heavy (non-hydrogen) atoms. The number of hydrogen-bond acceptors (Lipinski definition) is 4. The molecule has 1 amide bonds. The number of ether oxygens (including phenoxy) is 1. The summed E-state index contributed by atoms with van der Waals surface area (Å²) in [4.78, 5) is 28.1. The van der Waals surface area contributed by atoms with Gasteiger partial charge >= 0.3 is 5.97 Å². The van der Waals surface area contributed by atoms with Crippen molar-refractivity contribution in [1.82, 2.24) is 9.80 Å². The van der Waals surface area contributed by atoms with Crippen LogP contribution in [0.1, 0.15) is 33.1 Å². The van der Waals surface area contributed by atoms with Gasteiger partial charge in [0.1, 0.15) is 0 Å². The van der Waals surface area contributed by atoms with Crippen molar-refractivity contribution in [3.05, 3.63) is 0 Å². The number of carboxylic acid groups (broad SMARTS) is 1. The first-order chi connectivity index (χ1) is 10.6. The molecule has 2 fully saturated rings. The van der Waals surface area contributed by atoms with Gasteiger partial charge < -0.3 is 14.7 Å². The highest BCUT2D eigenvalue weighted by Gasteiger charge is 2.39. The maximum atomic E-state index is 13.0. The quantitative estimate of drug-likeness (QED) is 0.794. The van der Waals surface area contributed by atoms with Crippen molar-refractivity contribution < 1.29 is 19.4 Å². The fraction of sp³-hybridized carbons (Fsp3) is 0.875. The van der Waals surface area contributed by atoms with E-state index < -0.39 is 11.9 Å². The molecule has 0 radical (unpaired) electrons. The maximum absolute atomic E-state index is 13.0. The Morgan fingerprint density at radius 3 is 2.32 bits per heavy atom. The van der Waals surface area contributed by atoms with Crippen molar-refractivity contribution in [2.24, 2.45) is 11.8 Å². The molecule has 2 aliphatic rings. The summed E-state index contributed by atoms with van der Waals surface area (Å²) in [6.07, 6.45) is 2.49. The zero-order valence-electron chi connectivity index (χ0n) is 13.7. The molecule has 6 heteroatoms. The Bertz CT molecular complexity index is 392. The van der Waals surface area contributed by atoms with Crippen LogP contribution in [-0.4, -0.2) is 72.2 Å². The van der Waals surface area contributed by atoms with Crippen LogP contribution in [0, 0.1) is 11.8 Å². The Balaban J connectivity index is 2.10. The number of carboxylic acids is 1. The van der Waals surface area contributed by atoms with E-state index in [1.54, 1.807) is 4.90 Å². The third kappa shape index (κ3) is 3.79. The lowest BCUT2D eigenvalue weighted by molar-refractivity contribution is -0.143. The average molecular weight is 312 g/mol. The molecule has 6 nitrogen and oxygen atoms in total. The molecule has 2 heterocycles. The summed E-state index contributed by atoms with van der Waals surface area (Å²) in [5, 5.41) is 9.14. The van der Waals surface area contributed by atoms with Crippen molar-refractivity contribution in [3.8, 4) is 0 Å². The molecule has 2 aliphatic heterocycles. The predicted octanol–water partition coefficient (Wildman–Crippen LogP) is 1.06. The molecule has 126 valence electrons. The Hall–Kier alpha value is -1.14. The summed E-state index contributed by atoms with van der Waals surface area (Å²) < 4.78 is 5.41. The van der Waals surface area contributed by atoms with E-state index in [2.05, 4.69) is 18.7 Å². The Labute approximate surface area is 132 Å². The molecule has 0 aromatic rings. The van der Waals surface area contributed by atoms with E-state index in [-0.39, 0.29) is 11.9 Å². The smallest absolute Gasteiger partial charge is 0.308 e. The van der Waals surface area contributed by atoms with Crippen LogP contribution in [0.5, 0.6) is 0 Å². The molecule has 2 atom stereocenters. The molecular weight excluding hydrogens is 284 g/mol. The Kier molecular flexibility index (Phi) is 6.20. The average Bonchev–Trinajstić information content (AvgIpc) is 3.03. The molecule has 0 aromatic carbocycles. The van der Waals surface area contributed by atoms with Crippen LogP contribution in [0.15, 0.2) is 0 Å². The van der Waals surface area contributed by atoms with Gasteiger partial charge in [0.15, 0.2) is 0 Å². The van der Waals surface area contributed by atoms with Crippen LogP contribution < -0.4 is 0 Å². The normalized spacial score (nSPS) is 24.7. The van der Waals surface area contributed by atoms with Gasteiger partial charge in [-0.15, -0.1) is 0 Å². The summed E-state index contributed by atoms with van der Waals surface area (Å²) in [5.74, 6) is -0.773. The van der Waals surface area contributed by atoms with Crippen LogP contribution in [0.2, 0.25) is 0 Å². The van der Waals surface area contributed by atoms with E-state index in [4.69, 9.17) is 9.84 Å². The largest absolute Gasteiger partial charge is 0.481 e. The van der Waals surface area contributed by atoms with Gasteiger partial charge in [-0.1, -0.05) is 26.7 Å². The van der Waals surface area contributed by atoms with Gasteiger partial charge in [0, 0.05) is 26.2 Å². The highest BCUT2D eigenvalue weighted by Crippen LogP contribution is 2.25. The van der Waals surface area contributed by atoms with Gasteiger partial charge in [0.2, 0.25) is 5.91 Å². The SMILES string of the molecule is CCC(CC)[C@H](C(=O)N1CC[C@@H](C(=O)O)C1)N1CCOCC1. The zero-order chi connectivity index (χ0) is 16.1. The number of aliphatic carboxylic acids is 1. The zero-order valence-corrected chi connectivity index (χ0v) is 13.7. The number of morpholine rings is 1. The number of hydrogen-bond donors (Lipinski definition) is 1. The monoisotopic (exact) mass is 312 g/mol. The van der Waals surface area contributed by atoms with Crippen LogP contribution in [0.4, 0.5) is 0 Å². The second-order valence-corrected chi connectivity index (χ2v) is 6.28. The summed E-state index contributed by atoms with van der Waals surface area (Å²) in [5.41, 5.74) is 0. The van der Waals surface area contributed by atoms with E-state index in [9.17, 15) is 9.59 Å². The highest BCUT2D eigenvalue weighted by atomic mass is 16.5. The molecular formula is C16H28N2O4. The number of amides is 1. The number of likely N-dealkylation sites (tertiary alicyclic amines) is 1. The number of rotatable bonds is 6. The summed E-state index contributed by atoms with van der Waals surface area (Å²) in [6.45, 7) is 8.07. The standard InChI is InChI=1S/C16H28N2O4/c1-3-12(4-2)14(17-7-9-22-10-8-17)15(19)18-6-5-13(11-18)16(20)21/h12-14H,3-11H2,1-2H3,(H,20,21)/t13-,14-/m1/s1. The molecule has 0 unspecified atom stereocenters. The van der Waals surface area contributed by atoms with Gasteiger partial charge in [-0.05, 0) is 12.3 Å². The van der Waals surface area contributed by atoms with Gasteiger partial charge in [0.05, 0.1) is 25.2 Å². The maximum Gasteiger partial charge on any atom is 0.308 e. The van der Waals surface area contributed by atoms with Crippen molar-refractivity contribution in [2.45, 2.75) is 39.2 Å². The summed E-state index contributed by atoms with van der Waals surface area (Å²) >= 11 is 0. The lowest BCUT2D eigenvalue weighted by Gasteiger charge is -2.39. The van der Waals surface area contributed by atoms with E-state index in [1.165, 1.54) is 0 Å². The minimum atomic E-state index is -0.791. The topological polar surface area (TPSA) is 70.1 Å². The van der Waals surface area contributed by atoms with Crippen molar-refractivity contribution in [2.75, 3.05) is 39.4 Å².